The van der Waals surface area contributed by atoms with E-state index in [4.69, 9.17) is 21.8 Å². The summed E-state index contributed by atoms with van der Waals surface area (Å²) in [5, 5.41) is 19.3. The molecule has 0 bridgehead atoms. The lowest BCUT2D eigenvalue weighted by Gasteiger charge is -2.23. The molecule has 9 heteroatoms. The van der Waals surface area contributed by atoms with Gasteiger partial charge in [-0.3, -0.25) is 4.21 Å². The second-order valence-electron chi connectivity index (χ2n) is 7.69. The number of aromatic nitrogens is 1. The number of carbonyl (C=O) groups is 2. The zero-order chi connectivity index (χ0) is 23.6. The van der Waals surface area contributed by atoms with Gasteiger partial charge in [0.15, 0.2) is 0 Å². The average molecular weight is 469 g/mol. The Kier molecular flexibility index (Phi) is 10.7. The van der Waals surface area contributed by atoms with Crippen molar-refractivity contribution in [1.29, 1.82) is 0 Å². The Bertz CT molecular complexity index is 918. The van der Waals surface area contributed by atoms with Crippen LogP contribution in [0.3, 0.4) is 0 Å². The van der Waals surface area contributed by atoms with Crippen molar-refractivity contribution < 1.29 is 24.0 Å². The van der Waals surface area contributed by atoms with Crippen molar-refractivity contribution in [1.82, 2.24) is 10.3 Å². The zero-order valence-electron chi connectivity index (χ0n) is 18.0. The first-order chi connectivity index (χ1) is 14.5. The number of nitrogens with one attached hydrogen (secondary N) is 2. The topological polar surface area (TPSA) is 119 Å². The molecular formula is C22H29ClN2O5S. The molecule has 1 heterocycles. The van der Waals surface area contributed by atoms with Gasteiger partial charge in [0.1, 0.15) is 0 Å². The molecule has 7 nitrogen and oxygen atoms in total. The molecular weight excluding hydrogens is 440 g/mol. The van der Waals surface area contributed by atoms with E-state index in [1.165, 1.54) is 0 Å². The third-order valence-corrected chi connectivity index (χ3v) is 6.39. The number of halogens is 1. The fourth-order valence-electron chi connectivity index (χ4n) is 2.79. The number of rotatable bonds is 8. The molecule has 0 spiro atoms. The van der Waals surface area contributed by atoms with Crippen LogP contribution in [0.2, 0.25) is 5.02 Å². The van der Waals surface area contributed by atoms with Crippen molar-refractivity contribution in [2.75, 3.05) is 13.6 Å². The molecule has 0 radical (unpaired) electrons. The van der Waals surface area contributed by atoms with E-state index < -0.39 is 22.7 Å². The van der Waals surface area contributed by atoms with E-state index in [0.29, 0.717) is 17.2 Å². The summed E-state index contributed by atoms with van der Waals surface area (Å²) < 4.78 is 13.3. The van der Waals surface area contributed by atoms with Crippen LogP contribution in [-0.4, -0.2) is 44.9 Å². The van der Waals surface area contributed by atoms with Crippen molar-refractivity contribution in [3.8, 4) is 0 Å². The van der Waals surface area contributed by atoms with Crippen LogP contribution < -0.4 is 5.32 Å². The van der Waals surface area contributed by atoms with E-state index in [2.05, 4.69) is 31.1 Å². The van der Waals surface area contributed by atoms with Gasteiger partial charge in [0, 0.05) is 29.6 Å². The molecule has 2 unspecified atom stereocenters. The lowest BCUT2D eigenvalue weighted by atomic mass is 9.89. The number of carboxylic acids is 2. The molecule has 0 aliphatic rings. The highest BCUT2D eigenvalue weighted by Gasteiger charge is 2.28. The lowest BCUT2D eigenvalue weighted by molar-refractivity contribution is -0.134. The minimum absolute atomic E-state index is 0.0565. The zero-order valence-corrected chi connectivity index (χ0v) is 19.6. The average Bonchev–Trinajstić information content (AvgIpc) is 3.19. The minimum atomic E-state index is -1.26. The Hall–Kier alpha value is -2.42. The normalized spacial score (nSPS) is 13.3. The van der Waals surface area contributed by atoms with Crippen LogP contribution in [0.4, 0.5) is 0 Å². The van der Waals surface area contributed by atoms with Gasteiger partial charge in [0.2, 0.25) is 0 Å². The van der Waals surface area contributed by atoms with Crippen LogP contribution in [0.1, 0.15) is 43.6 Å². The summed E-state index contributed by atoms with van der Waals surface area (Å²) >= 11 is 6.37. The Labute approximate surface area is 190 Å². The van der Waals surface area contributed by atoms with Gasteiger partial charge >= 0.3 is 11.9 Å². The molecule has 2 atom stereocenters. The molecule has 0 saturated heterocycles. The predicted octanol–water partition coefficient (Wildman–Crippen LogP) is 4.14. The molecule has 4 N–H and O–H groups in total. The first-order valence-electron chi connectivity index (χ1n) is 9.59. The Morgan fingerprint density at radius 1 is 1.16 bits per heavy atom. The van der Waals surface area contributed by atoms with Gasteiger partial charge in [-0.05, 0) is 42.6 Å². The van der Waals surface area contributed by atoms with E-state index in [1.807, 2.05) is 43.7 Å². The van der Waals surface area contributed by atoms with E-state index >= 15 is 0 Å². The number of benzene rings is 1. The van der Waals surface area contributed by atoms with Crippen molar-refractivity contribution in [3.63, 3.8) is 0 Å². The van der Waals surface area contributed by atoms with Gasteiger partial charge in [-0.1, -0.05) is 50.6 Å². The second-order valence-corrected chi connectivity index (χ2v) is 9.70. The van der Waals surface area contributed by atoms with Gasteiger partial charge in [-0.15, -0.1) is 0 Å². The molecule has 0 aliphatic heterocycles. The molecule has 1 aromatic carbocycles. The molecule has 0 amide bonds. The number of aromatic amines is 1. The predicted molar refractivity (Wildman–Crippen MR) is 123 cm³/mol. The van der Waals surface area contributed by atoms with Gasteiger partial charge in [-0.25, -0.2) is 9.59 Å². The fourth-order valence-corrected chi connectivity index (χ4v) is 4.96. The number of H-pyrrole nitrogens is 1. The van der Waals surface area contributed by atoms with Crippen LogP contribution >= 0.6 is 11.6 Å². The van der Waals surface area contributed by atoms with Gasteiger partial charge in [0.05, 0.1) is 20.9 Å². The smallest absolute Gasteiger partial charge is 0.328 e. The highest BCUT2D eigenvalue weighted by Crippen LogP contribution is 2.36. The molecule has 2 aromatic rings. The monoisotopic (exact) mass is 468 g/mol. The van der Waals surface area contributed by atoms with Gasteiger partial charge in [0.25, 0.3) is 0 Å². The Morgan fingerprint density at radius 3 is 2.23 bits per heavy atom. The van der Waals surface area contributed by atoms with Crippen LogP contribution in [0.5, 0.6) is 0 Å². The van der Waals surface area contributed by atoms with E-state index in [-0.39, 0.29) is 10.7 Å². The number of hydrogen-bond acceptors (Lipinski definition) is 4. The molecule has 0 saturated carbocycles. The summed E-state index contributed by atoms with van der Waals surface area (Å²) in [6.45, 7) is 7.19. The largest absolute Gasteiger partial charge is 0.478 e. The minimum Gasteiger partial charge on any atom is -0.478 e. The number of aliphatic carboxylic acids is 2. The van der Waals surface area contributed by atoms with E-state index in [0.717, 1.165) is 29.0 Å². The van der Waals surface area contributed by atoms with Gasteiger partial charge in [-0.2, -0.15) is 0 Å². The van der Waals surface area contributed by atoms with Crippen molar-refractivity contribution >= 4 is 34.3 Å². The quantitative estimate of drug-likeness (QED) is 0.432. The highest BCUT2D eigenvalue weighted by molar-refractivity contribution is 7.85. The fraction of sp³-hybridized carbons (Fsp3) is 0.364. The van der Waals surface area contributed by atoms with E-state index in [1.54, 1.807) is 0 Å². The maximum atomic E-state index is 13.3. The summed E-state index contributed by atoms with van der Waals surface area (Å²) in [5.41, 5.74) is 1.99. The SMILES string of the molecule is CNCCC(c1ccccc1Cl)S(=O)c1c[nH]cc1C(C)(C)C.O=C(O)C=CC(=O)O. The van der Waals surface area contributed by atoms with Crippen molar-refractivity contribution in [2.24, 2.45) is 0 Å². The number of carboxylic acid groups (broad SMARTS) is 2. The molecule has 0 fully saturated rings. The second kappa shape index (κ2) is 12.4. The summed E-state index contributed by atoms with van der Waals surface area (Å²) in [7, 11) is 0.740. The maximum absolute atomic E-state index is 13.3. The summed E-state index contributed by atoms with van der Waals surface area (Å²) in [5.74, 6) is -2.51. The van der Waals surface area contributed by atoms with Crippen LogP contribution in [0, 0.1) is 0 Å². The summed E-state index contributed by atoms with van der Waals surface area (Å²) in [6.07, 6.45) is 5.70. The third kappa shape index (κ3) is 8.69. The standard InChI is InChI=1S/C18H25ClN2OS.C4H4O4/c1-18(2,3)14-11-21-12-17(14)23(22)16(9-10-20-4)13-7-5-6-8-15(13)19;5-3(6)1-2-4(7)8/h5-8,11-12,16,20-21H,9-10H2,1-4H3;1-2H,(H,5,6)(H,7,8). The first-order valence-corrected chi connectivity index (χ1v) is 11.2. The van der Waals surface area contributed by atoms with Crippen LogP contribution in [-0.2, 0) is 25.8 Å². The third-order valence-electron chi connectivity index (χ3n) is 4.27. The molecule has 1 aromatic heterocycles. The van der Waals surface area contributed by atoms with Gasteiger partial charge < -0.3 is 20.5 Å². The highest BCUT2D eigenvalue weighted by atomic mass is 35.5. The molecule has 31 heavy (non-hydrogen) atoms. The Balaban J connectivity index is 0.000000512. The summed E-state index contributed by atoms with van der Waals surface area (Å²) in [4.78, 5) is 23.1. The van der Waals surface area contributed by atoms with Crippen LogP contribution in [0.25, 0.3) is 0 Å². The maximum Gasteiger partial charge on any atom is 0.328 e. The first kappa shape index (κ1) is 26.6. The van der Waals surface area contributed by atoms with Crippen molar-refractivity contribution in [2.45, 2.75) is 42.8 Å². The lowest BCUT2D eigenvalue weighted by Crippen LogP contribution is -2.18. The molecule has 2 rings (SSSR count). The summed E-state index contributed by atoms with van der Waals surface area (Å²) in [6, 6.07) is 7.69. The Morgan fingerprint density at radius 2 is 1.74 bits per heavy atom. The van der Waals surface area contributed by atoms with Crippen LogP contribution in [0.15, 0.2) is 53.7 Å². The molecule has 0 aliphatic carbocycles. The van der Waals surface area contributed by atoms with E-state index in [9.17, 15) is 13.8 Å². The van der Waals surface area contributed by atoms with Crippen molar-refractivity contribution in [3.05, 3.63) is 65.0 Å². The number of hydrogen-bond donors (Lipinski definition) is 4. The molecule has 170 valence electrons.